The number of nitrogens with one attached hydrogen (secondary N) is 2. The molecule has 0 bridgehead atoms. The minimum absolute atomic E-state index is 0.0344. The van der Waals surface area contributed by atoms with Gasteiger partial charge in [-0.15, -0.1) is 0 Å². The predicted molar refractivity (Wildman–Crippen MR) is 64.9 cm³/mol. The first-order valence-electron chi connectivity index (χ1n) is 5.32. The molecule has 0 atom stereocenters. The first kappa shape index (κ1) is 13.2. The molecule has 0 aromatic carbocycles. The molecule has 6 nitrogen and oxygen atoms in total. The van der Waals surface area contributed by atoms with E-state index in [1.54, 1.807) is 26.4 Å². The van der Waals surface area contributed by atoms with Crippen LogP contribution in [0.15, 0.2) is 12.3 Å². The Hall–Kier alpha value is -1.85. The Balaban J connectivity index is 2.63. The Labute approximate surface area is 101 Å². The topological polar surface area (TPSA) is 76.1 Å². The number of rotatable bonds is 5. The molecule has 1 rings (SSSR count). The molecule has 1 aromatic rings. The minimum Gasteiger partial charge on any atom is -0.481 e. The number of hydrogen-bond donors (Lipinski definition) is 2. The predicted octanol–water partition coefficient (Wildman–Crippen LogP) is 0.669. The Morgan fingerprint density at radius 1 is 1.53 bits per heavy atom. The van der Waals surface area contributed by atoms with Crippen molar-refractivity contribution in [3.8, 4) is 5.88 Å². The fourth-order valence-electron chi connectivity index (χ4n) is 1.26. The number of carbonyl (C=O) groups excluding carboxylic acids is 1. The average molecular weight is 238 g/mol. The minimum atomic E-state index is -0.527. The van der Waals surface area contributed by atoms with Crippen LogP contribution in [0.25, 0.3) is 0 Å². The van der Waals surface area contributed by atoms with Crippen molar-refractivity contribution in [2.75, 3.05) is 26.0 Å². The second-order valence-electron chi connectivity index (χ2n) is 4.24. The lowest BCUT2D eigenvalue weighted by molar-refractivity contribution is -0.128. The zero-order valence-corrected chi connectivity index (χ0v) is 10.6. The number of anilines is 1. The number of amides is 1. The lowest BCUT2D eigenvalue weighted by Gasteiger charge is -2.22. The van der Waals surface area contributed by atoms with Crippen LogP contribution in [-0.4, -0.2) is 36.6 Å². The number of nitrogens with zero attached hydrogens (tertiary/aromatic N) is 2. The zero-order valence-electron chi connectivity index (χ0n) is 10.6. The zero-order chi connectivity index (χ0) is 12.9. The number of methoxy groups -OCH3 is 1. The molecular formula is C11H18N4O2. The highest BCUT2D eigenvalue weighted by atomic mass is 16.5. The maximum atomic E-state index is 11.6. The van der Waals surface area contributed by atoms with Crippen molar-refractivity contribution in [3.05, 3.63) is 12.3 Å². The maximum absolute atomic E-state index is 11.6. The molecule has 0 radical (unpaired) electrons. The lowest BCUT2D eigenvalue weighted by atomic mass is 9.92. The van der Waals surface area contributed by atoms with Gasteiger partial charge < -0.3 is 15.4 Å². The third-order valence-corrected chi connectivity index (χ3v) is 2.37. The lowest BCUT2D eigenvalue weighted by Crippen LogP contribution is -2.39. The summed E-state index contributed by atoms with van der Waals surface area (Å²) in [6, 6.07) is 1.66. The summed E-state index contributed by atoms with van der Waals surface area (Å²) in [4.78, 5) is 19.7. The van der Waals surface area contributed by atoms with E-state index >= 15 is 0 Å². The average Bonchev–Trinajstić information content (AvgIpc) is 2.35. The SMILES string of the molecule is CNC(=O)C(C)(C)CNc1nccc(OC)n1. The summed E-state index contributed by atoms with van der Waals surface area (Å²) in [5.41, 5.74) is -0.527. The third-order valence-electron chi connectivity index (χ3n) is 2.37. The highest BCUT2D eigenvalue weighted by Crippen LogP contribution is 2.16. The van der Waals surface area contributed by atoms with Gasteiger partial charge in [-0.1, -0.05) is 0 Å². The Bertz CT molecular complexity index is 393. The van der Waals surface area contributed by atoms with E-state index in [9.17, 15) is 4.79 Å². The summed E-state index contributed by atoms with van der Waals surface area (Å²) >= 11 is 0. The molecule has 0 unspecified atom stereocenters. The molecule has 0 spiro atoms. The summed E-state index contributed by atoms with van der Waals surface area (Å²) in [6.45, 7) is 4.14. The third kappa shape index (κ3) is 3.58. The molecule has 0 fully saturated rings. The standard InChI is InChI=1S/C11H18N4O2/c1-11(2,9(16)12-3)7-14-10-13-6-5-8(15-10)17-4/h5-6H,7H2,1-4H3,(H,12,16)(H,13,14,15). The van der Waals surface area contributed by atoms with E-state index in [1.165, 1.54) is 0 Å². The van der Waals surface area contributed by atoms with Crippen LogP contribution in [0.3, 0.4) is 0 Å². The molecule has 2 N–H and O–H groups in total. The molecular weight excluding hydrogens is 220 g/mol. The summed E-state index contributed by atoms with van der Waals surface area (Å²) in [5.74, 6) is 0.898. The molecule has 0 aliphatic rings. The first-order chi connectivity index (χ1) is 7.99. The summed E-state index contributed by atoms with van der Waals surface area (Å²) < 4.78 is 4.99. The molecule has 0 saturated heterocycles. The van der Waals surface area contributed by atoms with E-state index in [-0.39, 0.29) is 5.91 Å². The van der Waals surface area contributed by atoms with Crippen molar-refractivity contribution in [1.82, 2.24) is 15.3 Å². The van der Waals surface area contributed by atoms with Crippen molar-refractivity contribution < 1.29 is 9.53 Å². The normalized spacial score (nSPS) is 10.8. The van der Waals surface area contributed by atoms with Crippen molar-refractivity contribution in [2.24, 2.45) is 5.41 Å². The molecule has 1 amide bonds. The van der Waals surface area contributed by atoms with Gasteiger partial charge in [0.15, 0.2) is 0 Å². The van der Waals surface area contributed by atoms with E-state index in [0.717, 1.165) is 0 Å². The van der Waals surface area contributed by atoms with Gasteiger partial charge in [0.1, 0.15) is 0 Å². The van der Waals surface area contributed by atoms with Crippen molar-refractivity contribution in [3.63, 3.8) is 0 Å². The summed E-state index contributed by atoms with van der Waals surface area (Å²) in [6.07, 6.45) is 1.60. The van der Waals surface area contributed by atoms with Gasteiger partial charge in [0.25, 0.3) is 0 Å². The van der Waals surface area contributed by atoms with Crippen molar-refractivity contribution in [1.29, 1.82) is 0 Å². The van der Waals surface area contributed by atoms with Gasteiger partial charge in [-0.2, -0.15) is 4.98 Å². The van der Waals surface area contributed by atoms with E-state index in [0.29, 0.717) is 18.4 Å². The second kappa shape index (κ2) is 5.47. The van der Waals surface area contributed by atoms with Crippen LogP contribution < -0.4 is 15.4 Å². The number of hydrogen-bond acceptors (Lipinski definition) is 5. The van der Waals surface area contributed by atoms with Crippen LogP contribution in [-0.2, 0) is 4.79 Å². The van der Waals surface area contributed by atoms with Crippen LogP contribution >= 0.6 is 0 Å². The highest BCUT2D eigenvalue weighted by molar-refractivity contribution is 5.82. The largest absolute Gasteiger partial charge is 0.481 e. The fraction of sp³-hybridized carbons (Fsp3) is 0.545. The van der Waals surface area contributed by atoms with Gasteiger partial charge in [0, 0.05) is 25.9 Å². The van der Waals surface area contributed by atoms with Gasteiger partial charge in [-0.05, 0) is 13.8 Å². The molecule has 6 heteroatoms. The Morgan fingerprint density at radius 3 is 2.82 bits per heavy atom. The quantitative estimate of drug-likeness (QED) is 0.788. The van der Waals surface area contributed by atoms with Gasteiger partial charge in [0.2, 0.25) is 17.7 Å². The van der Waals surface area contributed by atoms with Crippen LogP contribution in [0.4, 0.5) is 5.95 Å². The molecule has 17 heavy (non-hydrogen) atoms. The van der Waals surface area contributed by atoms with E-state index in [2.05, 4.69) is 20.6 Å². The summed E-state index contributed by atoms with van der Waals surface area (Å²) in [7, 11) is 3.16. The molecule has 94 valence electrons. The van der Waals surface area contributed by atoms with Gasteiger partial charge in [-0.25, -0.2) is 4.98 Å². The van der Waals surface area contributed by atoms with Gasteiger partial charge in [-0.3, -0.25) is 4.79 Å². The first-order valence-corrected chi connectivity index (χ1v) is 5.32. The second-order valence-corrected chi connectivity index (χ2v) is 4.24. The molecule has 1 aromatic heterocycles. The molecule has 1 heterocycles. The smallest absolute Gasteiger partial charge is 0.227 e. The highest BCUT2D eigenvalue weighted by Gasteiger charge is 2.26. The molecule has 0 aliphatic carbocycles. The van der Waals surface area contributed by atoms with Crippen LogP contribution in [0.2, 0.25) is 0 Å². The van der Waals surface area contributed by atoms with Crippen molar-refractivity contribution >= 4 is 11.9 Å². The van der Waals surface area contributed by atoms with Crippen LogP contribution in [0.5, 0.6) is 5.88 Å². The fourth-order valence-corrected chi connectivity index (χ4v) is 1.26. The molecule has 0 aliphatic heterocycles. The van der Waals surface area contributed by atoms with Gasteiger partial charge in [0.05, 0.1) is 12.5 Å². The van der Waals surface area contributed by atoms with Crippen molar-refractivity contribution in [2.45, 2.75) is 13.8 Å². The Kier molecular flexibility index (Phi) is 4.25. The van der Waals surface area contributed by atoms with Gasteiger partial charge >= 0.3 is 0 Å². The summed E-state index contributed by atoms with van der Waals surface area (Å²) in [5, 5.41) is 5.63. The van der Waals surface area contributed by atoms with Crippen LogP contribution in [0, 0.1) is 5.41 Å². The van der Waals surface area contributed by atoms with E-state index in [1.807, 2.05) is 13.8 Å². The number of aromatic nitrogens is 2. The van der Waals surface area contributed by atoms with E-state index in [4.69, 9.17) is 4.74 Å². The monoisotopic (exact) mass is 238 g/mol. The Morgan fingerprint density at radius 2 is 2.24 bits per heavy atom. The number of ether oxygens (including phenoxy) is 1. The maximum Gasteiger partial charge on any atom is 0.227 e. The van der Waals surface area contributed by atoms with Crippen LogP contribution in [0.1, 0.15) is 13.8 Å². The number of carbonyl (C=O) groups is 1. The van der Waals surface area contributed by atoms with E-state index < -0.39 is 5.41 Å². The molecule has 0 saturated carbocycles.